The number of rotatable bonds is 16. The van der Waals surface area contributed by atoms with Crippen molar-refractivity contribution in [1.82, 2.24) is 34.9 Å². The molecule has 2 N–H and O–H groups in total. The maximum atomic E-state index is 6.58. The molecule has 11 nitrogen and oxygen atoms in total. The van der Waals surface area contributed by atoms with Crippen LogP contribution in [0.2, 0.25) is 0 Å². The second-order valence-electron chi connectivity index (χ2n) is 26.7. The first-order valence-electron chi connectivity index (χ1n) is 29.4. The number of hydrogen-bond donors (Lipinski definition) is 2. The Kier molecular flexibility index (Phi) is 17.1. The summed E-state index contributed by atoms with van der Waals surface area (Å²) in [7, 11) is 0. The van der Waals surface area contributed by atoms with Gasteiger partial charge in [0.2, 0.25) is 0 Å². The lowest BCUT2D eigenvalue weighted by atomic mass is 9.93. The highest BCUT2D eigenvalue weighted by Gasteiger charge is 2.21. The number of benzene rings is 2. The quantitative estimate of drug-likeness (QED) is 0.0907. The zero-order valence-corrected chi connectivity index (χ0v) is 51.0. The van der Waals surface area contributed by atoms with Crippen molar-refractivity contribution in [3.05, 3.63) is 162 Å². The molecule has 8 aromatic rings. The Bertz CT molecular complexity index is 3740. The fourth-order valence-corrected chi connectivity index (χ4v) is 9.57. The van der Waals surface area contributed by atoms with Crippen LogP contribution in [0.4, 0.5) is 0 Å². The SMILES string of the molecule is CC(C)(C)CCOc1cc(OCCC(C)(C)C)cc(-c2c3nc(c(C#Cc4cc(-c5ccccn5)nc(-c5ccccn5)c4)c4ccc([nH]4)c(-c4cc(OCCC(C)(C)C)cc(OCCC(C)(C)C)c4)c4nc(cc5ccc2[nH]5)C=C4)C=C3)c1. The first-order chi connectivity index (χ1) is 40.0. The molecule has 0 amide bonds. The Morgan fingerprint density at radius 3 is 1.31 bits per heavy atom. The Morgan fingerprint density at radius 1 is 0.393 bits per heavy atom. The van der Waals surface area contributed by atoms with Crippen molar-refractivity contribution in [3.63, 3.8) is 0 Å². The van der Waals surface area contributed by atoms with Gasteiger partial charge in [0.1, 0.15) is 23.0 Å². The van der Waals surface area contributed by atoms with Gasteiger partial charge in [0.15, 0.2) is 0 Å². The second kappa shape index (κ2) is 24.6. The van der Waals surface area contributed by atoms with Crippen LogP contribution in [0.5, 0.6) is 23.0 Å². The van der Waals surface area contributed by atoms with Gasteiger partial charge in [0.05, 0.1) is 83.1 Å². The molecule has 0 atom stereocenters. The molecule has 84 heavy (non-hydrogen) atoms. The summed E-state index contributed by atoms with van der Waals surface area (Å²) in [6.45, 7) is 29.0. The molecule has 2 aliphatic heterocycles. The number of hydrogen-bond acceptors (Lipinski definition) is 9. The molecule has 10 rings (SSSR count). The fraction of sp³-hybridized carbons (Fsp3) is 0.329. The zero-order chi connectivity index (χ0) is 59.2. The Labute approximate surface area is 496 Å². The predicted molar refractivity (Wildman–Crippen MR) is 345 cm³/mol. The average molecular weight is 1120 g/mol. The molecule has 6 aromatic heterocycles. The molecule has 0 fully saturated rings. The number of nitrogens with zero attached hydrogens (tertiary/aromatic N) is 5. The fourth-order valence-electron chi connectivity index (χ4n) is 9.57. The van der Waals surface area contributed by atoms with Gasteiger partial charge in [-0.15, -0.1) is 0 Å². The van der Waals surface area contributed by atoms with Gasteiger partial charge in [-0.2, -0.15) is 0 Å². The summed E-state index contributed by atoms with van der Waals surface area (Å²) in [5.41, 5.74) is 14.5. The lowest BCUT2D eigenvalue weighted by Gasteiger charge is -2.20. The Hall–Kier alpha value is -8.75. The Balaban J connectivity index is 1.23. The summed E-state index contributed by atoms with van der Waals surface area (Å²) in [5, 5.41) is 0. The van der Waals surface area contributed by atoms with E-state index < -0.39 is 0 Å². The van der Waals surface area contributed by atoms with Crippen LogP contribution in [0.3, 0.4) is 0 Å². The maximum Gasteiger partial charge on any atom is 0.123 e. The topological polar surface area (TPSA) is 133 Å². The van der Waals surface area contributed by atoms with Gasteiger partial charge in [-0.1, -0.05) is 107 Å². The molecule has 0 saturated carbocycles. The van der Waals surface area contributed by atoms with Crippen LogP contribution in [0.15, 0.2) is 128 Å². The van der Waals surface area contributed by atoms with E-state index in [1.807, 2.05) is 60.7 Å². The maximum absolute atomic E-state index is 6.58. The third kappa shape index (κ3) is 15.7. The van der Waals surface area contributed by atoms with Crippen molar-refractivity contribution in [1.29, 1.82) is 0 Å². The highest BCUT2D eigenvalue weighted by molar-refractivity contribution is 5.95. The number of aromatic nitrogens is 7. The summed E-state index contributed by atoms with van der Waals surface area (Å²) < 4.78 is 26.3. The molecule has 8 heterocycles. The van der Waals surface area contributed by atoms with Crippen molar-refractivity contribution in [2.45, 2.75) is 109 Å². The lowest BCUT2D eigenvalue weighted by molar-refractivity contribution is 0.233. The predicted octanol–water partition coefficient (Wildman–Crippen LogP) is 18.2. The van der Waals surface area contributed by atoms with Gasteiger partial charge in [-0.05, 0) is 174 Å². The molecular weight excluding hydrogens is 1040 g/mol. The highest BCUT2D eigenvalue weighted by Crippen LogP contribution is 2.39. The molecule has 0 saturated heterocycles. The zero-order valence-electron chi connectivity index (χ0n) is 51.0. The standard InChI is InChI=1S/C73H79N7O4/c1-70(2,3)29-35-81-53-41-49(42-54(46-53)82-36-30-71(4,5)6)68-62-23-20-51(76-62)45-52-21-24-63(77-52)69(50-43-55(83-37-31-72(7,8)9)47-56(44-50)84-38-32-73(10,11)12)65-28-26-59(79-65)57(58-25-27-64(68)78-58)22-19-48-39-66(60-17-13-15-33-74-60)80-67(40-48)61-18-14-16-34-75-61/h13-18,20-21,23-28,33-34,39-47,76,79H,29-32,35-38H2,1-12H3. The van der Waals surface area contributed by atoms with E-state index in [9.17, 15) is 0 Å². The molecule has 0 radical (unpaired) electrons. The summed E-state index contributed by atoms with van der Waals surface area (Å²) >= 11 is 0. The summed E-state index contributed by atoms with van der Waals surface area (Å²) in [6, 6.07) is 38.5. The number of nitrogens with one attached hydrogen (secondary N) is 2. The normalized spacial score (nSPS) is 12.5. The molecule has 11 heteroatoms. The lowest BCUT2D eigenvalue weighted by Crippen LogP contribution is -2.12. The molecule has 2 aromatic carbocycles. The van der Waals surface area contributed by atoms with E-state index in [4.69, 9.17) is 33.9 Å². The van der Waals surface area contributed by atoms with Crippen LogP contribution in [-0.4, -0.2) is 61.3 Å². The number of ether oxygens (including phenoxy) is 4. The van der Waals surface area contributed by atoms with Gasteiger partial charge in [0, 0.05) is 57.8 Å². The van der Waals surface area contributed by atoms with Crippen molar-refractivity contribution in [2.75, 3.05) is 26.4 Å². The molecular formula is C73H79N7O4. The first-order valence-corrected chi connectivity index (χ1v) is 29.4. The van der Waals surface area contributed by atoms with Crippen molar-refractivity contribution in [2.24, 2.45) is 21.7 Å². The van der Waals surface area contributed by atoms with Gasteiger partial charge >= 0.3 is 0 Å². The molecule has 2 aliphatic rings. The molecule has 0 unspecified atom stereocenters. The van der Waals surface area contributed by atoms with Crippen LogP contribution >= 0.6 is 0 Å². The number of aromatic amines is 2. The van der Waals surface area contributed by atoms with Crippen LogP contribution in [0.25, 0.3) is 91.4 Å². The van der Waals surface area contributed by atoms with E-state index in [1.165, 1.54) is 0 Å². The van der Waals surface area contributed by atoms with E-state index in [0.29, 0.717) is 49.1 Å². The largest absolute Gasteiger partial charge is 0.493 e. The van der Waals surface area contributed by atoms with E-state index in [0.717, 1.165) is 127 Å². The summed E-state index contributed by atoms with van der Waals surface area (Å²) in [6.07, 6.45) is 15.4. The molecule has 430 valence electrons. The Morgan fingerprint density at radius 2 is 0.833 bits per heavy atom. The monoisotopic (exact) mass is 1120 g/mol. The van der Waals surface area contributed by atoms with Crippen LogP contribution in [0.1, 0.15) is 143 Å². The minimum atomic E-state index is 0.0955. The van der Waals surface area contributed by atoms with Gasteiger partial charge < -0.3 is 28.9 Å². The smallest absolute Gasteiger partial charge is 0.123 e. The molecule has 8 bridgehead atoms. The van der Waals surface area contributed by atoms with E-state index in [2.05, 4.69) is 194 Å². The van der Waals surface area contributed by atoms with Gasteiger partial charge in [-0.25, -0.2) is 15.0 Å². The van der Waals surface area contributed by atoms with Crippen molar-refractivity contribution in [3.8, 4) is 79.9 Å². The van der Waals surface area contributed by atoms with Crippen LogP contribution in [0, 0.1) is 33.5 Å². The number of H-pyrrole nitrogens is 2. The average Bonchev–Trinajstić information content (AvgIpc) is 2.42. The molecule has 0 aliphatic carbocycles. The highest BCUT2D eigenvalue weighted by atomic mass is 16.5. The van der Waals surface area contributed by atoms with E-state index in [-0.39, 0.29) is 21.7 Å². The third-order valence-corrected chi connectivity index (χ3v) is 14.4. The van der Waals surface area contributed by atoms with Crippen LogP contribution < -0.4 is 18.9 Å². The minimum absolute atomic E-state index is 0.0955. The van der Waals surface area contributed by atoms with Gasteiger partial charge in [-0.3, -0.25) is 9.97 Å². The van der Waals surface area contributed by atoms with Crippen LogP contribution in [-0.2, 0) is 0 Å². The van der Waals surface area contributed by atoms with Gasteiger partial charge in [0.25, 0.3) is 0 Å². The van der Waals surface area contributed by atoms with E-state index in [1.54, 1.807) is 12.4 Å². The summed E-state index contributed by atoms with van der Waals surface area (Å²) in [4.78, 5) is 32.9. The second-order valence-corrected chi connectivity index (χ2v) is 26.7. The number of pyridine rings is 3. The third-order valence-electron chi connectivity index (χ3n) is 14.4. The van der Waals surface area contributed by atoms with Crippen molar-refractivity contribution < 1.29 is 18.9 Å². The molecule has 0 spiro atoms. The minimum Gasteiger partial charge on any atom is -0.493 e. The summed E-state index contributed by atoms with van der Waals surface area (Å²) in [5.74, 6) is 10.1. The van der Waals surface area contributed by atoms with Crippen molar-refractivity contribution >= 4 is 46.4 Å². The number of fused-ring (bicyclic) bond motifs is 8. The van der Waals surface area contributed by atoms with E-state index >= 15 is 0 Å². The first kappa shape index (κ1) is 58.4.